The smallest absolute Gasteiger partial charge is 0.0207 e. The van der Waals surface area contributed by atoms with Gasteiger partial charge in [-0.25, -0.2) is 0 Å². The van der Waals surface area contributed by atoms with Crippen molar-refractivity contribution in [2.24, 2.45) is 11.3 Å². The first-order chi connectivity index (χ1) is 13.5. The summed E-state index contributed by atoms with van der Waals surface area (Å²) in [6.45, 7) is 19.6. The van der Waals surface area contributed by atoms with Crippen LogP contribution in [0.25, 0.3) is 0 Å². The predicted molar refractivity (Wildman–Crippen MR) is 131 cm³/mol. The SMILES string of the molecule is CC(C(C)(C)C)C(C)(c1ccccc1)C(C)(c1cccs1)C(C)(C)c1ccsc1. The molecule has 2 heterocycles. The van der Waals surface area contributed by atoms with Crippen LogP contribution in [0.1, 0.15) is 71.4 Å². The molecule has 2 heteroatoms. The first-order valence-corrected chi connectivity index (χ1v) is 12.4. The highest BCUT2D eigenvalue weighted by Crippen LogP contribution is 2.61. The maximum Gasteiger partial charge on any atom is 0.0207 e. The highest BCUT2D eigenvalue weighted by molar-refractivity contribution is 7.10. The lowest BCUT2D eigenvalue weighted by molar-refractivity contribution is 0.0434. The summed E-state index contributed by atoms with van der Waals surface area (Å²) in [6, 6.07) is 18.1. The molecule has 3 atom stereocenters. The van der Waals surface area contributed by atoms with Gasteiger partial charge in [-0.1, -0.05) is 91.8 Å². The minimum atomic E-state index is -0.0940. The van der Waals surface area contributed by atoms with Gasteiger partial charge in [-0.2, -0.15) is 11.3 Å². The standard InChI is InChI=1S/C27H36S2/c1-20(24(2,3)4)26(7,21-13-10-9-11-14-21)27(8,23-15-12-17-29-23)25(5,6)22-16-18-28-19-22/h9-20H,1-8H3. The van der Waals surface area contributed by atoms with E-state index < -0.39 is 0 Å². The Labute approximate surface area is 186 Å². The van der Waals surface area contributed by atoms with E-state index in [1.807, 2.05) is 11.3 Å². The van der Waals surface area contributed by atoms with Gasteiger partial charge in [0.15, 0.2) is 0 Å². The minimum absolute atomic E-state index is 0.0397. The Bertz CT molecular complexity index is 897. The van der Waals surface area contributed by atoms with Crippen molar-refractivity contribution in [3.8, 4) is 0 Å². The van der Waals surface area contributed by atoms with E-state index in [0.717, 1.165) is 0 Å². The van der Waals surface area contributed by atoms with Crippen molar-refractivity contribution in [2.45, 2.75) is 71.6 Å². The zero-order valence-corrected chi connectivity index (χ0v) is 20.9. The molecule has 0 nitrogen and oxygen atoms in total. The lowest BCUT2D eigenvalue weighted by atomic mass is 9.43. The Morgan fingerprint density at radius 3 is 1.86 bits per heavy atom. The van der Waals surface area contributed by atoms with Gasteiger partial charge in [-0.3, -0.25) is 0 Å². The minimum Gasteiger partial charge on any atom is -0.152 e. The van der Waals surface area contributed by atoms with Crippen molar-refractivity contribution in [1.82, 2.24) is 0 Å². The molecule has 0 fully saturated rings. The lowest BCUT2D eigenvalue weighted by Gasteiger charge is -2.60. The molecule has 1 aromatic carbocycles. The summed E-state index contributed by atoms with van der Waals surface area (Å²) in [4.78, 5) is 1.47. The zero-order valence-electron chi connectivity index (χ0n) is 19.2. The van der Waals surface area contributed by atoms with Crippen LogP contribution >= 0.6 is 22.7 Å². The average Bonchev–Trinajstić information content (AvgIpc) is 3.40. The summed E-state index contributed by atoms with van der Waals surface area (Å²) >= 11 is 3.71. The van der Waals surface area contributed by atoms with Crippen LogP contribution in [0.3, 0.4) is 0 Å². The predicted octanol–water partition coefficient (Wildman–Crippen LogP) is 8.69. The van der Waals surface area contributed by atoms with Crippen LogP contribution in [0.15, 0.2) is 64.7 Å². The first-order valence-electron chi connectivity index (χ1n) is 10.6. The third-order valence-corrected chi connectivity index (χ3v) is 9.86. The second-order valence-corrected chi connectivity index (χ2v) is 12.1. The Hall–Kier alpha value is -1.38. The molecule has 0 radical (unpaired) electrons. The van der Waals surface area contributed by atoms with Gasteiger partial charge in [0.05, 0.1) is 0 Å². The van der Waals surface area contributed by atoms with E-state index in [2.05, 4.69) is 120 Å². The van der Waals surface area contributed by atoms with Gasteiger partial charge < -0.3 is 0 Å². The van der Waals surface area contributed by atoms with Gasteiger partial charge in [-0.15, -0.1) is 11.3 Å². The fourth-order valence-electron chi connectivity index (χ4n) is 5.31. The van der Waals surface area contributed by atoms with Crippen LogP contribution in [0.4, 0.5) is 0 Å². The summed E-state index contributed by atoms with van der Waals surface area (Å²) in [5.74, 6) is 0.461. The van der Waals surface area contributed by atoms with Crippen molar-refractivity contribution in [3.63, 3.8) is 0 Å². The topological polar surface area (TPSA) is 0 Å². The average molecular weight is 425 g/mol. The molecule has 0 aliphatic heterocycles. The molecule has 3 unspecified atom stereocenters. The Morgan fingerprint density at radius 2 is 1.38 bits per heavy atom. The molecule has 0 spiro atoms. The summed E-state index contributed by atoms with van der Waals surface area (Å²) in [7, 11) is 0. The second-order valence-electron chi connectivity index (χ2n) is 10.4. The number of hydrogen-bond donors (Lipinski definition) is 0. The van der Waals surface area contributed by atoms with Gasteiger partial charge in [0.25, 0.3) is 0 Å². The molecule has 156 valence electrons. The third kappa shape index (κ3) is 3.43. The molecule has 3 rings (SSSR count). The fourth-order valence-corrected chi connectivity index (χ4v) is 7.29. The van der Waals surface area contributed by atoms with Gasteiger partial charge in [-0.05, 0) is 50.7 Å². The maximum absolute atomic E-state index is 2.52. The van der Waals surface area contributed by atoms with Crippen LogP contribution in [0.2, 0.25) is 0 Å². The molecule has 29 heavy (non-hydrogen) atoms. The number of rotatable bonds is 6. The number of benzene rings is 1. The molecule has 3 aromatic rings. The van der Waals surface area contributed by atoms with Crippen molar-refractivity contribution >= 4 is 22.7 Å². The van der Waals surface area contributed by atoms with E-state index in [0.29, 0.717) is 5.92 Å². The fraction of sp³-hybridized carbons (Fsp3) is 0.481. The Kier molecular flexibility index (Phi) is 5.93. The van der Waals surface area contributed by atoms with E-state index in [9.17, 15) is 0 Å². The first kappa shape index (κ1) is 22.3. The highest BCUT2D eigenvalue weighted by Gasteiger charge is 2.60. The number of thiophene rings is 2. The quantitative estimate of drug-likeness (QED) is 0.371. The highest BCUT2D eigenvalue weighted by atomic mass is 32.1. The van der Waals surface area contributed by atoms with Crippen LogP contribution in [-0.2, 0) is 16.2 Å². The molecule has 0 aliphatic carbocycles. The van der Waals surface area contributed by atoms with Gasteiger partial charge in [0.2, 0.25) is 0 Å². The molecule has 0 aliphatic rings. The van der Waals surface area contributed by atoms with Crippen molar-refractivity contribution < 1.29 is 0 Å². The van der Waals surface area contributed by atoms with E-state index in [1.54, 1.807) is 11.3 Å². The van der Waals surface area contributed by atoms with E-state index >= 15 is 0 Å². The third-order valence-electron chi connectivity index (χ3n) is 8.08. The molecule has 0 N–H and O–H groups in total. The van der Waals surface area contributed by atoms with E-state index in [1.165, 1.54) is 16.0 Å². The van der Waals surface area contributed by atoms with Crippen molar-refractivity contribution in [3.05, 3.63) is 80.7 Å². The van der Waals surface area contributed by atoms with E-state index in [-0.39, 0.29) is 21.7 Å². The van der Waals surface area contributed by atoms with Gasteiger partial charge in [0.1, 0.15) is 0 Å². The van der Waals surface area contributed by atoms with Gasteiger partial charge >= 0.3 is 0 Å². The summed E-state index contributed by atoms with van der Waals surface area (Å²) < 4.78 is 0. The largest absolute Gasteiger partial charge is 0.152 e. The molecule has 2 aromatic heterocycles. The Balaban J connectivity index is 2.40. The van der Waals surface area contributed by atoms with Gasteiger partial charge in [0, 0.05) is 21.1 Å². The summed E-state index contributed by atoms with van der Waals surface area (Å²) in [5.41, 5.74) is 2.84. The molecule has 0 amide bonds. The van der Waals surface area contributed by atoms with Crippen LogP contribution in [-0.4, -0.2) is 0 Å². The zero-order chi connectivity index (χ0) is 21.5. The van der Waals surface area contributed by atoms with Crippen molar-refractivity contribution in [1.29, 1.82) is 0 Å². The monoisotopic (exact) mass is 424 g/mol. The maximum atomic E-state index is 2.52. The normalized spacial score (nSPS) is 18.1. The van der Waals surface area contributed by atoms with Crippen LogP contribution in [0.5, 0.6) is 0 Å². The molecular weight excluding hydrogens is 388 g/mol. The van der Waals surface area contributed by atoms with Crippen LogP contribution in [0, 0.1) is 11.3 Å². The molecule has 0 saturated heterocycles. The van der Waals surface area contributed by atoms with Crippen molar-refractivity contribution in [2.75, 3.05) is 0 Å². The molecular formula is C27H36S2. The lowest BCUT2D eigenvalue weighted by Crippen LogP contribution is -2.60. The van der Waals surface area contributed by atoms with Crippen LogP contribution < -0.4 is 0 Å². The summed E-state index contributed by atoms with van der Waals surface area (Å²) in [5, 5.41) is 6.81. The molecule has 0 saturated carbocycles. The number of hydrogen-bond acceptors (Lipinski definition) is 2. The summed E-state index contributed by atoms with van der Waals surface area (Å²) in [6.07, 6.45) is 0. The Morgan fingerprint density at radius 1 is 0.724 bits per heavy atom. The van der Waals surface area contributed by atoms with E-state index in [4.69, 9.17) is 0 Å². The second kappa shape index (κ2) is 7.71. The molecule has 0 bridgehead atoms.